The number of nitrogens with two attached hydrogens (primary N) is 1. The highest BCUT2D eigenvalue weighted by Gasteiger charge is 2.30. The van der Waals surface area contributed by atoms with Crippen molar-refractivity contribution in [1.82, 2.24) is 10.2 Å². The van der Waals surface area contributed by atoms with Gasteiger partial charge in [-0.05, 0) is 48.6 Å². The first-order valence-electron chi connectivity index (χ1n) is 5.76. The average Bonchev–Trinajstić information content (AvgIpc) is 2.12. The molecule has 16 heavy (non-hydrogen) atoms. The lowest BCUT2D eigenvalue weighted by molar-refractivity contribution is -0.128. The van der Waals surface area contributed by atoms with Gasteiger partial charge in [0, 0.05) is 17.6 Å². The Morgan fingerprint density at radius 3 is 2.06 bits per heavy atom. The molecule has 0 bridgehead atoms. The Labute approximate surface area is 99.6 Å². The van der Waals surface area contributed by atoms with E-state index in [1.807, 2.05) is 53.5 Å². The summed E-state index contributed by atoms with van der Waals surface area (Å²) in [4.78, 5) is 14.0. The van der Waals surface area contributed by atoms with Crippen LogP contribution in [0.1, 0.15) is 41.5 Å². The van der Waals surface area contributed by atoms with Crippen LogP contribution in [-0.4, -0.2) is 41.5 Å². The summed E-state index contributed by atoms with van der Waals surface area (Å²) < 4.78 is 0. The Bertz CT molecular complexity index is 243. The number of rotatable bonds is 4. The van der Waals surface area contributed by atoms with Crippen molar-refractivity contribution < 1.29 is 4.79 Å². The molecule has 0 aromatic heterocycles. The summed E-state index contributed by atoms with van der Waals surface area (Å²) in [5.74, 6) is 0.0384. The molecule has 0 aliphatic rings. The van der Waals surface area contributed by atoms with Gasteiger partial charge in [0.2, 0.25) is 5.91 Å². The Morgan fingerprint density at radius 2 is 1.75 bits per heavy atom. The van der Waals surface area contributed by atoms with Crippen LogP contribution >= 0.6 is 0 Å². The molecule has 0 heterocycles. The molecule has 0 aliphatic carbocycles. The van der Waals surface area contributed by atoms with Gasteiger partial charge in [0.25, 0.3) is 0 Å². The molecule has 96 valence electrons. The fourth-order valence-electron chi connectivity index (χ4n) is 1.32. The predicted molar refractivity (Wildman–Crippen MR) is 68.3 cm³/mol. The molecule has 0 spiro atoms. The van der Waals surface area contributed by atoms with Crippen LogP contribution in [-0.2, 0) is 4.79 Å². The minimum Gasteiger partial charge on any atom is -0.350 e. The molecule has 0 aliphatic heterocycles. The summed E-state index contributed by atoms with van der Waals surface area (Å²) >= 11 is 0. The molecular formula is C12H27N3O. The van der Waals surface area contributed by atoms with E-state index in [0.29, 0.717) is 6.54 Å². The van der Waals surface area contributed by atoms with Crippen LogP contribution in [0.2, 0.25) is 0 Å². The Hall–Kier alpha value is -0.610. The molecule has 0 fully saturated rings. The zero-order chi connectivity index (χ0) is 13.1. The van der Waals surface area contributed by atoms with E-state index in [2.05, 4.69) is 5.32 Å². The van der Waals surface area contributed by atoms with Crippen LogP contribution in [0.25, 0.3) is 0 Å². The van der Waals surface area contributed by atoms with Crippen LogP contribution in [0.15, 0.2) is 0 Å². The van der Waals surface area contributed by atoms with Gasteiger partial charge in [0.05, 0.1) is 6.04 Å². The second-order valence-electron chi connectivity index (χ2n) is 6.04. The van der Waals surface area contributed by atoms with Gasteiger partial charge in [-0.1, -0.05) is 0 Å². The molecule has 0 saturated heterocycles. The molecule has 3 N–H and O–H groups in total. The first-order valence-corrected chi connectivity index (χ1v) is 5.76. The predicted octanol–water partition coefficient (Wildman–Crippen LogP) is 0.959. The lowest BCUT2D eigenvalue weighted by atomic mass is 10.0. The van der Waals surface area contributed by atoms with Crippen molar-refractivity contribution in [2.45, 2.75) is 58.7 Å². The number of hydrogen-bond donors (Lipinski definition) is 2. The summed E-state index contributed by atoms with van der Waals surface area (Å²) in [6.45, 7) is 12.4. The first-order chi connectivity index (χ1) is 7.01. The summed E-state index contributed by atoms with van der Waals surface area (Å²) in [6.07, 6.45) is 0. The Balaban J connectivity index is 4.56. The summed E-state index contributed by atoms with van der Waals surface area (Å²) in [7, 11) is 1.93. The molecular weight excluding hydrogens is 202 g/mol. The third-order valence-electron chi connectivity index (χ3n) is 2.91. The van der Waals surface area contributed by atoms with Gasteiger partial charge in [-0.3, -0.25) is 9.69 Å². The minimum absolute atomic E-state index is 0.0384. The van der Waals surface area contributed by atoms with Crippen LogP contribution in [0.4, 0.5) is 0 Å². The van der Waals surface area contributed by atoms with Crippen molar-refractivity contribution in [3.05, 3.63) is 0 Å². The lowest BCUT2D eigenvalue weighted by Crippen LogP contribution is -2.57. The van der Waals surface area contributed by atoms with Crippen molar-refractivity contribution >= 4 is 5.91 Å². The number of nitrogens with one attached hydrogen (secondary N) is 1. The van der Waals surface area contributed by atoms with Crippen molar-refractivity contribution in [3.63, 3.8) is 0 Å². The molecule has 0 aromatic carbocycles. The lowest BCUT2D eigenvalue weighted by Gasteiger charge is -2.39. The zero-order valence-electron chi connectivity index (χ0n) is 11.7. The van der Waals surface area contributed by atoms with Crippen LogP contribution in [0, 0.1) is 0 Å². The largest absolute Gasteiger partial charge is 0.350 e. The monoisotopic (exact) mass is 229 g/mol. The van der Waals surface area contributed by atoms with Gasteiger partial charge in [-0.15, -0.1) is 0 Å². The van der Waals surface area contributed by atoms with Gasteiger partial charge in [0.15, 0.2) is 0 Å². The van der Waals surface area contributed by atoms with E-state index in [1.54, 1.807) is 0 Å². The number of likely N-dealkylation sites (N-methyl/N-ethyl adjacent to an activating group) is 1. The number of amides is 1. The van der Waals surface area contributed by atoms with E-state index in [4.69, 9.17) is 5.73 Å². The van der Waals surface area contributed by atoms with E-state index in [0.717, 1.165) is 0 Å². The molecule has 1 amide bonds. The van der Waals surface area contributed by atoms with Crippen molar-refractivity contribution in [3.8, 4) is 0 Å². The number of nitrogens with zero attached hydrogens (tertiary/aromatic N) is 1. The van der Waals surface area contributed by atoms with Gasteiger partial charge in [0.1, 0.15) is 0 Å². The third kappa shape index (κ3) is 4.49. The molecule has 1 atom stereocenters. The standard InChI is InChI=1S/C12H27N3O/c1-9(10(16)14-11(2,3)4)15(7)12(5,6)8-13/h9H,8,13H2,1-7H3,(H,14,16). The van der Waals surface area contributed by atoms with Crippen LogP contribution in [0.5, 0.6) is 0 Å². The fraction of sp³-hybridized carbons (Fsp3) is 0.917. The SMILES string of the molecule is CC(C(=O)NC(C)(C)C)N(C)C(C)(C)CN. The van der Waals surface area contributed by atoms with E-state index in [9.17, 15) is 4.79 Å². The molecule has 0 aromatic rings. The van der Waals surface area contributed by atoms with Gasteiger partial charge in [-0.2, -0.15) is 0 Å². The number of carbonyl (C=O) groups is 1. The summed E-state index contributed by atoms with van der Waals surface area (Å²) in [5, 5.41) is 2.97. The highest BCUT2D eigenvalue weighted by atomic mass is 16.2. The Kier molecular flexibility index (Phi) is 4.95. The highest BCUT2D eigenvalue weighted by Crippen LogP contribution is 2.14. The second kappa shape index (κ2) is 5.15. The molecule has 0 rings (SSSR count). The van der Waals surface area contributed by atoms with Gasteiger partial charge in [-0.25, -0.2) is 0 Å². The molecule has 1 unspecified atom stereocenters. The average molecular weight is 229 g/mol. The maximum atomic E-state index is 12.0. The number of carbonyl (C=O) groups excluding carboxylic acids is 1. The normalized spacial score (nSPS) is 15.1. The minimum atomic E-state index is -0.195. The quantitative estimate of drug-likeness (QED) is 0.755. The smallest absolute Gasteiger partial charge is 0.237 e. The van der Waals surface area contributed by atoms with Crippen molar-refractivity contribution in [1.29, 1.82) is 0 Å². The zero-order valence-corrected chi connectivity index (χ0v) is 11.7. The summed E-state index contributed by atoms with van der Waals surface area (Å²) in [5.41, 5.74) is 5.33. The van der Waals surface area contributed by atoms with E-state index in [-0.39, 0.29) is 23.0 Å². The first kappa shape index (κ1) is 15.4. The molecule has 0 radical (unpaired) electrons. The summed E-state index contributed by atoms with van der Waals surface area (Å²) in [6, 6.07) is -0.183. The van der Waals surface area contributed by atoms with E-state index >= 15 is 0 Å². The van der Waals surface area contributed by atoms with Gasteiger partial charge >= 0.3 is 0 Å². The van der Waals surface area contributed by atoms with Crippen LogP contribution < -0.4 is 11.1 Å². The van der Waals surface area contributed by atoms with E-state index < -0.39 is 0 Å². The second-order valence-corrected chi connectivity index (χ2v) is 6.04. The van der Waals surface area contributed by atoms with E-state index in [1.165, 1.54) is 0 Å². The van der Waals surface area contributed by atoms with Gasteiger partial charge < -0.3 is 11.1 Å². The highest BCUT2D eigenvalue weighted by molar-refractivity contribution is 5.82. The molecule has 4 nitrogen and oxygen atoms in total. The maximum absolute atomic E-state index is 12.0. The number of hydrogen-bond acceptors (Lipinski definition) is 3. The van der Waals surface area contributed by atoms with Crippen molar-refractivity contribution in [2.24, 2.45) is 5.73 Å². The maximum Gasteiger partial charge on any atom is 0.237 e. The third-order valence-corrected chi connectivity index (χ3v) is 2.91. The molecule has 4 heteroatoms. The fourth-order valence-corrected chi connectivity index (χ4v) is 1.32. The topological polar surface area (TPSA) is 58.4 Å². The van der Waals surface area contributed by atoms with Crippen molar-refractivity contribution in [2.75, 3.05) is 13.6 Å². The van der Waals surface area contributed by atoms with Crippen LogP contribution in [0.3, 0.4) is 0 Å². The Morgan fingerprint density at radius 1 is 1.31 bits per heavy atom. The molecule has 0 saturated carbocycles.